The number of rotatable bonds is 2. The Balaban J connectivity index is 2.37. The predicted octanol–water partition coefficient (Wildman–Crippen LogP) is 1.62. The Morgan fingerprint density at radius 1 is 1.53 bits per heavy atom. The molecular formula is C12H16N2O. The molecule has 3 nitrogen and oxygen atoms in total. The van der Waals surface area contributed by atoms with Crippen molar-refractivity contribution in [3.05, 3.63) is 29.3 Å². The summed E-state index contributed by atoms with van der Waals surface area (Å²) in [4.78, 5) is 13.2. The number of carbonyl (C=O) groups excluding carboxylic acids is 1. The topological polar surface area (TPSA) is 46.3 Å². The summed E-state index contributed by atoms with van der Waals surface area (Å²) in [5.74, 6) is 0.159. The second-order valence-electron chi connectivity index (χ2n) is 4.03. The minimum Gasteiger partial charge on any atom is -0.324 e. The van der Waals surface area contributed by atoms with Crippen LogP contribution in [0.2, 0.25) is 0 Å². The summed E-state index contributed by atoms with van der Waals surface area (Å²) in [6.07, 6.45) is 1.43. The number of hydrogen-bond acceptors (Lipinski definition) is 2. The van der Waals surface area contributed by atoms with Crippen molar-refractivity contribution in [3.8, 4) is 0 Å². The number of carbonyl (C=O) groups is 1. The highest BCUT2D eigenvalue weighted by Crippen LogP contribution is 2.30. The van der Waals surface area contributed by atoms with Gasteiger partial charge in [-0.05, 0) is 23.6 Å². The molecule has 0 aliphatic carbocycles. The summed E-state index contributed by atoms with van der Waals surface area (Å²) in [5.41, 5.74) is 9.20. The lowest BCUT2D eigenvalue weighted by Gasteiger charge is -2.13. The zero-order valence-electron chi connectivity index (χ0n) is 9.16. The van der Waals surface area contributed by atoms with E-state index >= 15 is 0 Å². The maximum absolute atomic E-state index is 11.5. The molecule has 1 aromatic rings. The number of nitrogens with two attached hydrogens (primary N) is 1. The molecule has 1 unspecified atom stereocenters. The number of likely N-dealkylation sites (N-methyl/N-ethyl adjacent to an activating group) is 1. The Labute approximate surface area is 89.9 Å². The molecule has 0 aromatic heterocycles. The van der Waals surface area contributed by atoms with E-state index in [0.29, 0.717) is 6.42 Å². The van der Waals surface area contributed by atoms with E-state index in [9.17, 15) is 4.79 Å². The van der Waals surface area contributed by atoms with Crippen molar-refractivity contribution < 1.29 is 4.79 Å². The average molecular weight is 204 g/mol. The van der Waals surface area contributed by atoms with Gasteiger partial charge in [-0.15, -0.1) is 0 Å². The normalized spacial score (nSPS) is 16.7. The first-order valence-electron chi connectivity index (χ1n) is 5.28. The van der Waals surface area contributed by atoms with Crippen LogP contribution in [0.3, 0.4) is 0 Å². The third kappa shape index (κ3) is 1.63. The van der Waals surface area contributed by atoms with E-state index in [-0.39, 0.29) is 11.9 Å². The van der Waals surface area contributed by atoms with Crippen LogP contribution in [-0.4, -0.2) is 13.0 Å². The molecule has 1 amide bonds. The lowest BCUT2D eigenvalue weighted by Crippen LogP contribution is -2.20. The Kier molecular flexibility index (Phi) is 2.49. The summed E-state index contributed by atoms with van der Waals surface area (Å²) in [6.45, 7) is 2.06. The van der Waals surface area contributed by atoms with E-state index in [4.69, 9.17) is 5.73 Å². The fourth-order valence-corrected chi connectivity index (χ4v) is 1.96. The highest BCUT2D eigenvalue weighted by atomic mass is 16.2. The maximum Gasteiger partial charge on any atom is 0.231 e. The Bertz CT molecular complexity index is 401. The number of nitrogens with zero attached hydrogens (tertiary/aromatic N) is 1. The molecule has 3 heteroatoms. The number of hydrogen-bond donors (Lipinski definition) is 1. The lowest BCUT2D eigenvalue weighted by atomic mass is 10.0. The van der Waals surface area contributed by atoms with Crippen LogP contribution in [0.5, 0.6) is 0 Å². The standard InChI is InChI=1S/C12H16N2O/c1-3-10(13)8-4-5-11-9(6-8)7-12(15)14(11)2/h4-6,10H,3,7,13H2,1-2H3. The van der Waals surface area contributed by atoms with Crippen LogP contribution in [0.4, 0.5) is 5.69 Å². The van der Waals surface area contributed by atoms with Crippen molar-refractivity contribution >= 4 is 11.6 Å². The van der Waals surface area contributed by atoms with E-state index in [2.05, 4.69) is 13.0 Å². The van der Waals surface area contributed by atoms with E-state index in [1.165, 1.54) is 0 Å². The van der Waals surface area contributed by atoms with Crippen molar-refractivity contribution in [2.75, 3.05) is 11.9 Å². The fraction of sp³-hybridized carbons (Fsp3) is 0.417. The Morgan fingerprint density at radius 3 is 2.93 bits per heavy atom. The molecule has 0 spiro atoms. The second-order valence-corrected chi connectivity index (χ2v) is 4.03. The summed E-state index contributed by atoms with van der Waals surface area (Å²) < 4.78 is 0. The fourth-order valence-electron chi connectivity index (χ4n) is 1.96. The molecule has 1 aliphatic rings. The van der Waals surface area contributed by atoms with Crippen molar-refractivity contribution in [1.82, 2.24) is 0 Å². The number of fused-ring (bicyclic) bond motifs is 1. The molecule has 2 rings (SSSR count). The molecule has 80 valence electrons. The van der Waals surface area contributed by atoms with Crippen LogP contribution in [0.25, 0.3) is 0 Å². The number of benzene rings is 1. The Morgan fingerprint density at radius 2 is 2.27 bits per heavy atom. The van der Waals surface area contributed by atoms with Crippen LogP contribution in [0.15, 0.2) is 18.2 Å². The first-order chi connectivity index (χ1) is 7.13. The van der Waals surface area contributed by atoms with Gasteiger partial charge in [-0.25, -0.2) is 0 Å². The molecule has 0 saturated heterocycles. The van der Waals surface area contributed by atoms with Gasteiger partial charge in [-0.1, -0.05) is 19.1 Å². The molecule has 0 radical (unpaired) electrons. The smallest absolute Gasteiger partial charge is 0.231 e. The highest BCUT2D eigenvalue weighted by Gasteiger charge is 2.24. The first kappa shape index (κ1) is 10.2. The highest BCUT2D eigenvalue weighted by molar-refractivity contribution is 6.00. The largest absolute Gasteiger partial charge is 0.324 e. The van der Waals surface area contributed by atoms with Crippen LogP contribution in [-0.2, 0) is 11.2 Å². The molecule has 2 N–H and O–H groups in total. The number of anilines is 1. The molecule has 1 aromatic carbocycles. The van der Waals surface area contributed by atoms with Crippen LogP contribution in [0, 0.1) is 0 Å². The van der Waals surface area contributed by atoms with Crippen LogP contribution >= 0.6 is 0 Å². The van der Waals surface area contributed by atoms with Crippen LogP contribution < -0.4 is 10.6 Å². The van der Waals surface area contributed by atoms with Gasteiger partial charge in [-0.3, -0.25) is 4.79 Å². The van der Waals surface area contributed by atoms with Gasteiger partial charge in [0.25, 0.3) is 0 Å². The second kappa shape index (κ2) is 3.66. The maximum atomic E-state index is 11.5. The van der Waals surface area contributed by atoms with Gasteiger partial charge in [0, 0.05) is 18.8 Å². The quantitative estimate of drug-likeness (QED) is 0.795. The molecule has 0 fully saturated rings. The molecule has 1 aliphatic heterocycles. The summed E-state index contributed by atoms with van der Waals surface area (Å²) in [7, 11) is 1.81. The van der Waals surface area contributed by atoms with Gasteiger partial charge in [0.05, 0.1) is 6.42 Å². The third-order valence-electron chi connectivity index (χ3n) is 3.05. The average Bonchev–Trinajstić information content (AvgIpc) is 2.53. The van der Waals surface area contributed by atoms with Gasteiger partial charge in [0.1, 0.15) is 0 Å². The van der Waals surface area contributed by atoms with E-state index in [1.54, 1.807) is 4.90 Å². The third-order valence-corrected chi connectivity index (χ3v) is 3.05. The zero-order chi connectivity index (χ0) is 11.0. The van der Waals surface area contributed by atoms with E-state index in [0.717, 1.165) is 23.2 Å². The molecule has 1 atom stereocenters. The SMILES string of the molecule is CCC(N)c1ccc2c(c1)CC(=O)N2C. The molecular weight excluding hydrogens is 188 g/mol. The van der Waals surface area contributed by atoms with Crippen molar-refractivity contribution in [2.24, 2.45) is 5.73 Å². The first-order valence-corrected chi connectivity index (χ1v) is 5.28. The molecule has 0 bridgehead atoms. The van der Waals surface area contributed by atoms with Crippen molar-refractivity contribution in [2.45, 2.75) is 25.8 Å². The predicted molar refractivity (Wildman–Crippen MR) is 60.8 cm³/mol. The summed E-state index contributed by atoms with van der Waals surface area (Å²) >= 11 is 0. The summed E-state index contributed by atoms with van der Waals surface area (Å²) in [6, 6.07) is 6.15. The van der Waals surface area contributed by atoms with Gasteiger partial charge < -0.3 is 10.6 Å². The zero-order valence-corrected chi connectivity index (χ0v) is 9.16. The van der Waals surface area contributed by atoms with Crippen molar-refractivity contribution in [3.63, 3.8) is 0 Å². The molecule has 15 heavy (non-hydrogen) atoms. The van der Waals surface area contributed by atoms with Gasteiger partial charge in [0.2, 0.25) is 5.91 Å². The van der Waals surface area contributed by atoms with E-state index < -0.39 is 0 Å². The van der Waals surface area contributed by atoms with Gasteiger partial charge in [-0.2, -0.15) is 0 Å². The molecule has 0 saturated carbocycles. The lowest BCUT2D eigenvalue weighted by molar-refractivity contribution is -0.117. The Hall–Kier alpha value is -1.35. The summed E-state index contributed by atoms with van der Waals surface area (Å²) in [5, 5.41) is 0. The van der Waals surface area contributed by atoms with Crippen molar-refractivity contribution in [1.29, 1.82) is 0 Å². The number of amides is 1. The monoisotopic (exact) mass is 204 g/mol. The van der Waals surface area contributed by atoms with Crippen LogP contribution in [0.1, 0.15) is 30.5 Å². The minimum absolute atomic E-state index is 0.0799. The van der Waals surface area contributed by atoms with Gasteiger partial charge in [0.15, 0.2) is 0 Å². The molecule has 1 heterocycles. The van der Waals surface area contributed by atoms with E-state index in [1.807, 2.05) is 19.2 Å². The van der Waals surface area contributed by atoms with Gasteiger partial charge >= 0.3 is 0 Å². The minimum atomic E-state index is 0.0799.